The first kappa shape index (κ1) is 19.7. The van der Waals surface area contributed by atoms with E-state index in [1.165, 1.54) is 18.2 Å². The van der Waals surface area contributed by atoms with Gasteiger partial charge in [-0.2, -0.15) is 0 Å². The fourth-order valence-corrected chi connectivity index (χ4v) is 2.46. The van der Waals surface area contributed by atoms with Gasteiger partial charge in [0.2, 0.25) is 0 Å². The molecule has 0 aliphatic carbocycles. The molecule has 1 amide bonds. The van der Waals surface area contributed by atoms with Crippen molar-refractivity contribution in [3.63, 3.8) is 0 Å². The summed E-state index contributed by atoms with van der Waals surface area (Å²) >= 11 is 10.8. The van der Waals surface area contributed by atoms with Gasteiger partial charge in [0.1, 0.15) is 5.75 Å². The average Bonchev–Trinajstić information content (AvgIpc) is 2.56. The third kappa shape index (κ3) is 5.44. The van der Waals surface area contributed by atoms with E-state index < -0.39 is 11.9 Å². The molecule has 0 aliphatic heterocycles. The Hall–Kier alpha value is -2.64. The van der Waals surface area contributed by atoms with E-state index in [0.29, 0.717) is 17.0 Å². The third-order valence-electron chi connectivity index (χ3n) is 3.16. The lowest BCUT2D eigenvalue weighted by molar-refractivity contribution is -0.255. The van der Waals surface area contributed by atoms with Gasteiger partial charge in [0.25, 0.3) is 5.91 Å². The molecule has 6 nitrogen and oxygen atoms in total. The highest BCUT2D eigenvalue weighted by Gasteiger charge is 2.10. The lowest BCUT2D eigenvalue weighted by atomic mass is 10.2. The van der Waals surface area contributed by atoms with Crippen LogP contribution in [0.2, 0.25) is 5.02 Å². The van der Waals surface area contributed by atoms with Gasteiger partial charge in [-0.15, -0.1) is 0 Å². The third-order valence-corrected chi connectivity index (χ3v) is 3.69. The highest BCUT2D eigenvalue weighted by atomic mass is 35.5. The van der Waals surface area contributed by atoms with Gasteiger partial charge < -0.3 is 20.0 Å². The fraction of sp³-hybridized carbons (Fsp3) is 0.167. The van der Waals surface area contributed by atoms with Gasteiger partial charge in [-0.1, -0.05) is 11.6 Å². The summed E-state index contributed by atoms with van der Waals surface area (Å²) in [4.78, 5) is 23.2. The molecule has 0 bridgehead atoms. The van der Waals surface area contributed by atoms with Crippen LogP contribution in [0.4, 0.5) is 5.69 Å². The molecule has 0 saturated carbocycles. The Kier molecular flexibility index (Phi) is 6.54. The molecule has 2 aromatic carbocycles. The summed E-state index contributed by atoms with van der Waals surface area (Å²) in [7, 11) is 0. The number of carboxylic acid groups (broad SMARTS) is 1. The van der Waals surface area contributed by atoms with Crippen LogP contribution in [0.3, 0.4) is 0 Å². The summed E-state index contributed by atoms with van der Waals surface area (Å²) < 4.78 is 5.52. The van der Waals surface area contributed by atoms with Crippen LogP contribution in [0.5, 0.6) is 5.75 Å². The van der Waals surface area contributed by atoms with Crippen molar-refractivity contribution in [3.8, 4) is 5.75 Å². The van der Waals surface area contributed by atoms with Crippen LogP contribution in [0, 0.1) is 0 Å². The van der Waals surface area contributed by atoms with Crippen LogP contribution in [0.25, 0.3) is 0 Å². The number of carboxylic acids is 1. The van der Waals surface area contributed by atoms with Gasteiger partial charge in [-0.05, 0) is 68.5 Å². The minimum atomic E-state index is -1.41. The Labute approximate surface area is 161 Å². The highest BCUT2D eigenvalue weighted by Crippen LogP contribution is 2.20. The number of benzene rings is 2. The van der Waals surface area contributed by atoms with Crippen LogP contribution in [0.15, 0.2) is 42.5 Å². The van der Waals surface area contributed by atoms with Crippen molar-refractivity contribution in [2.75, 3.05) is 5.32 Å². The van der Waals surface area contributed by atoms with Gasteiger partial charge in [0.15, 0.2) is 5.11 Å². The molecule has 0 radical (unpaired) electrons. The minimum absolute atomic E-state index is 0.0177. The number of rotatable bonds is 5. The second-order valence-corrected chi connectivity index (χ2v) is 6.40. The number of anilines is 1. The van der Waals surface area contributed by atoms with Gasteiger partial charge in [0, 0.05) is 21.8 Å². The predicted molar refractivity (Wildman–Crippen MR) is 102 cm³/mol. The number of aromatic carboxylic acids is 1. The molecule has 8 heteroatoms. The number of halogens is 1. The minimum Gasteiger partial charge on any atom is -0.545 e. The maximum absolute atomic E-state index is 12.2. The van der Waals surface area contributed by atoms with E-state index in [9.17, 15) is 14.7 Å². The molecule has 0 unspecified atom stereocenters. The number of carbonyl (C=O) groups is 2. The zero-order chi connectivity index (χ0) is 19.3. The first-order valence-corrected chi connectivity index (χ1v) is 8.45. The van der Waals surface area contributed by atoms with Crippen LogP contribution in [0.1, 0.15) is 34.6 Å². The summed E-state index contributed by atoms with van der Waals surface area (Å²) in [6.45, 7) is 3.82. The molecule has 2 aromatic rings. The van der Waals surface area contributed by atoms with Crippen molar-refractivity contribution in [2.45, 2.75) is 20.0 Å². The standard InChI is InChI=1S/C18H17ClN2O4S/c1-10(2)25-13-6-3-11(4-7-13)16(22)21-18(26)20-12-5-8-15(19)14(9-12)17(23)24/h3-10H,1-2H3,(H,23,24)(H2,20,21,22,26)/p-1. The van der Waals surface area contributed by atoms with E-state index in [-0.39, 0.29) is 21.8 Å². The highest BCUT2D eigenvalue weighted by molar-refractivity contribution is 7.80. The zero-order valence-corrected chi connectivity index (χ0v) is 15.6. The van der Waals surface area contributed by atoms with Gasteiger partial charge >= 0.3 is 0 Å². The van der Waals surface area contributed by atoms with E-state index in [4.69, 9.17) is 28.6 Å². The predicted octanol–water partition coefficient (Wildman–Crippen LogP) is 2.62. The molecule has 2 rings (SSSR count). The Morgan fingerprint density at radius 1 is 1.15 bits per heavy atom. The molecule has 0 saturated heterocycles. The van der Waals surface area contributed by atoms with Crippen molar-refractivity contribution >= 4 is 46.5 Å². The van der Waals surface area contributed by atoms with E-state index in [1.807, 2.05) is 13.8 Å². The molecule has 0 heterocycles. The number of ether oxygens (including phenoxy) is 1. The lowest BCUT2D eigenvalue weighted by Crippen LogP contribution is -2.34. The molecular formula is C18H16ClN2O4S-. The van der Waals surface area contributed by atoms with E-state index in [0.717, 1.165) is 0 Å². The van der Waals surface area contributed by atoms with Crippen LogP contribution in [-0.2, 0) is 0 Å². The summed E-state index contributed by atoms with van der Waals surface area (Å²) in [6, 6.07) is 10.8. The molecular weight excluding hydrogens is 376 g/mol. The van der Waals surface area contributed by atoms with Gasteiger partial charge in [-0.25, -0.2) is 0 Å². The Balaban J connectivity index is 2.00. The topological polar surface area (TPSA) is 90.5 Å². The number of carbonyl (C=O) groups excluding carboxylic acids is 2. The second kappa shape index (κ2) is 8.64. The van der Waals surface area contributed by atoms with Crippen LogP contribution < -0.4 is 20.5 Å². The molecule has 0 atom stereocenters. The van der Waals surface area contributed by atoms with Crippen LogP contribution >= 0.6 is 23.8 Å². The maximum Gasteiger partial charge on any atom is 0.257 e. The number of hydrogen-bond donors (Lipinski definition) is 2. The Morgan fingerprint density at radius 3 is 2.38 bits per heavy atom. The van der Waals surface area contributed by atoms with Crippen molar-refractivity contribution in [3.05, 3.63) is 58.6 Å². The van der Waals surface area contributed by atoms with E-state index >= 15 is 0 Å². The quantitative estimate of drug-likeness (QED) is 0.761. The van der Waals surface area contributed by atoms with Crippen molar-refractivity contribution < 1.29 is 19.4 Å². The summed E-state index contributed by atoms with van der Waals surface area (Å²) in [5.41, 5.74) is 0.586. The summed E-state index contributed by atoms with van der Waals surface area (Å²) in [5, 5.41) is 16.3. The Bertz CT molecular complexity index is 838. The lowest BCUT2D eigenvalue weighted by Gasteiger charge is -2.13. The largest absolute Gasteiger partial charge is 0.545 e. The average molecular weight is 392 g/mol. The first-order valence-electron chi connectivity index (χ1n) is 7.66. The second-order valence-electron chi connectivity index (χ2n) is 5.58. The molecule has 0 aliphatic rings. The van der Waals surface area contributed by atoms with Crippen molar-refractivity contribution in [1.82, 2.24) is 5.32 Å². The summed E-state index contributed by atoms with van der Waals surface area (Å²) in [5.74, 6) is -1.15. The Morgan fingerprint density at radius 2 is 1.81 bits per heavy atom. The molecule has 0 fully saturated rings. The smallest absolute Gasteiger partial charge is 0.257 e. The fourth-order valence-electron chi connectivity index (χ4n) is 2.05. The normalized spacial score (nSPS) is 10.3. The number of amides is 1. The zero-order valence-electron chi connectivity index (χ0n) is 14.0. The van der Waals surface area contributed by atoms with E-state index in [2.05, 4.69) is 10.6 Å². The van der Waals surface area contributed by atoms with Gasteiger partial charge in [0.05, 0.1) is 12.1 Å². The molecule has 136 valence electrons. The summed E-state index contributed by atoms with van der Waals surface area (Å²) in [6.07, 6.45) is 0.0386. The van der Waals surface area contributed by atoms with Gasteiger partial charge in [-0.3, -0.25) is 10.1 Å². The molecule has 26 heavy (non-hydrogen) atoms. The molecule has 2 N–H and O–H groups in total. The van der Waals surface area contributed by atoms with E-state index in [1.54, 1.807) is 24.3 Å². The van der Waals surface area contributed by atoms with Crippen molar-refractivity contribution in [1.29, 1.82) is 0 Å². The monoisotopic (exact) mass is 391 g/mol. The number of nitrogens with one attached hydrogen (secondary N) is 2. The molecule has 0 spiro atoms. The van der Waals surface area contributed by atoms with Crippen LogP contribution in [-0.4, -0.2) is 23.1 Å². The van der Waals surface area contributed by atoms with Crippen molar-refractivity contribution in [2.24, 2.45) is 0 Å². The maximum atomic E-state index is 12.2. The molecule has 0 aromatic heterocycles. The number of hydrogen-bond acceptors (Lipinski definition) is 5. The number of thiocarbonyl (C=S) groups is 1. The SMILES string of the molecule is CC(C)Oc1ccc(C(=O)NC(=S)Nc2ccc(Cl)c(C(=O)[O-])c2)cc1. The first-order chi connectivity index (χ1) is 12.3.